The van der Waals surface area contributed by atoms with Gasteiger partial charge in [-0.2, -0.15) is 0 Å². The van der Waals surface area contributed by atoms with Gasteiger partial charge in [0.05, 0.1) is 5.56 Å². The minimum atomic E-state index is -1.03. The molecule has 166 valence electrons. The Labute approximate surface area is 186 Å². The molecule has 0 radical (unpaired) electrons. The largest absolute Gasteiger partial charge is 0.478 e. The first-order valence-electron chi connectivity index (χ1n) is 10.2. The number of halogens is 1. The van der Waals surface area contributed by atoms with Gasteiger partial charge < -0.3 is 19.5 Å². The first kappa shape index (κ1) is 22.9. The molecule has 2 heterocycles. The Morgan fingerprint density at radius 3 is 2.52 bits per heavy atom. The minimum Gasteiger partial charge on any atom is -0.478 e. The number of carboxylic acids is 1. The van der Waals surface area contributed by atoms with Crippen molar-refractivity contribution in [2.45, 2.75) is 51.7 Å². The molecular weight excluding hydrogens is 420 g/mol. The van der Waals surface area contributed by atoms with Gasteiger partial charge in [0.25, 0.3) is 0 Å². The molecule has 1 amide bonds. The van der Waals surface area contributed by atoms with Gasteiger partial charge >= 0.3 is 12.1 Å². The van der Waals surface area contributed by atoms with Crippen molar-refractivity contribution in [2.24, 2.45) is 0 Å². The van der Waals surface area contributed by atoms with Crippen molar-refractivity contribution in [1.82, 2.24) is 9.88 Å². The number of carbonyl (C=O) groups excluding carboxylic acids is 1. The van der Waals surface area contributed by atoms with E-state index in [-0.39, 0.29) is 24.2 Å². The zero-order chi connectivity index (χ0) is 22.6. The normalized spacial score (nSPS) is 14.9. The first-order valence-corrected chi connectivity index (χ1v) is 10.6. The van der Waals surface area contributed by atoms with Gasteiger partial charge in [0, 0.05) is 41.4 Å². The molecule has 7 nitrogen and oxygen atoms in total. The lowest BCUT2D eigenvalue weighted by atomic mass is 9.93. The third kappa shape index (κ3) is 6.34. The molecule has 0 saturated carbocycles. The number of hydrogen-bond acceptors (Lipinski definition) is 5. The number of ether oxygens (including phenoxy) is 2. The second kappa shape index (κ2) is 9.56. The highest BCUT2D eigenvalue weighted by atomic mass is 35.5. The fraction of sp³-hybridized carbons (Fsp3) is 0.435. The zero-order valence-electron chi connectivity index (χ0n) is 17.9. The van der Waals surface area contributed by atoms with Gasteiger partial charge in [-0.1, -0.05) is 23.7 Å². The number of aromatic carboxylic acids is 1. The number of piperidine rings is 1. The Kier molecular flexibility index (Phi) is 7.05. The van der Waals surface area contributed by atoms with Crippen LogP contribution >= 0.6 is 11.6 Å². The average molecular weight is 447 g/mol. The van der Waals surface area contributed by atoms with E-state index in [0.29, 0.717) is 29.6 Å². The van der Waals surface area contributed by atoms with Gasteiger partial charge in [0.15, 0.2) is 0 Å². The third-order valence-corrected chi connectivity index (χ3v) is 5.34. The predicted molar refractivity (Wildman–Crippen MR) is 117 cm³/mol. The molecule has 31 heavy (non-hydrogen) atoms. The van der Waals surface area contributed by atoms with Crippen molar-refractivity contribution in [1.29, 1.82) is 0 Å². The Balaban J connectivity index is 1.57. The summed E-state index contributed by atoms with van der Waals surface area (Å²) < 4.78 is 11.2. The fourth-order valence-electron chi connectivity index (χ4n) is 3.37. The quantitative estimate of drug-likeness (QED) is 0.685. The number of amides is 1. The van der Waals surface area contributed by atoms with Crippen LogP contribution < -0.4 is 4.74 Å². The van der Waals surface area contributed by atoms with Gasteiger partial charge in [-0.15, -0.1) is 0 Å². The molecule has 8 heteroatoms. The van der Waals surface area contributed by atoms with Crippen LogP contribution in [-0.4, -0.2) is 45.7 Å². The molecule has 1 N–H and O–H groups in total. The third-order valence-electron chi connectivity index (χ3n) is 4.99. The summed E-state index contributed by atoms with van der Waals surface area (Å²) >= 11 is 6.17. The van der Waals surface area contributed by atoms with Crippen LogP contribution in [0.4, 0.5) is 4.79 Å². The van der Waals surface area contributed by atoms with Gasteiger partial charge in [0.1, 0.15) is 12.2 Å². The van der Waals surface area contributed by atoms with E-state index in [2.05, 4.69) is 4.98 Å². The highest BCUT2D eigenvalue weighted by Gasteiger charge is 2.28. The second-order valence-electron chi connectivity index (χ2n) is 8.54. The van der Waals surface area contributed by atoms with Crippen LogP contribution in [0.15, 0.2) is 36.4 Å². The number of carboxylic acid groups (broad SMARTS) is 1. The van der Waals surface area contributed by atoms with Crippen molar-refractivity contribution in [3.05, 3.63) is 58.2 Å². The Morgan fingerprint density at radius 2 is 1.90 bits per heavy atom. The molecule has 0 unspecified atom stereocenters. The number of pyridine rings is 1. The minimum absolute atomic E-state index is 0.131. The highest BCUT2D eigenvalue weighted by molar-refractivity contribution is 6.31. The molecule has 3 rings (SSSR count). The number of likely N-dealkylation sites (tertiary alicyclic amines) is 1. The van der Waals surface area contributed by atoms with Crippen molar-refractivity contribution >= 4 is 23.7 Å². The van der Waals surface area contributed by atoms with Crippen LogP contribution in [0.5, 0.6) is 5.88 Å². The molecule has 0 bridgehead atoms. The topological polar surface area (TPSA) is 89.0 Å². The van der Waals surface area contributed by atoms with E-state index in [1.54, 1.807) is 17.0 Å². The zero-order valence-corrected chi connectivity index (χ0v) is 18.7. The fourth-order valence-corrected chi connectivity index (χ4v) is 3.61. The lowest BCUT2D eigenvalue weighted by Gasteiger charge is -2.33. The molecular formula is C23H27ClN2O5. The number of rotatable bonds is 5. The van der Waals surface area contributed by atoms with Crippen LogP contribution in [0.2, 0.25) is 5.02 Å². The lowest BCUT2D eigenvalue weighted by Crippen LogP contribution is -2.41. The van der Waals surface area contributed by atoms with Gasteiger partial charge in [-0.3, -0.25) is 0 Å². The highest BCUT2D eigenvalue weighted by Crippen LogP contribution is 2.29. The Morgan fingerprint density at radius 1 is 1.19 bits per heavy atom. The molecule has 1 aromatic heterocycles. The molecule has 1 aromatic carbocycles. The summed E-state index contributed by atoms with van der Waals surface area (Å²) in [4.78, 5) is 29.6. The molecule has 1 saturated heterocycles. The maximum absolute atomic E-state index is 12.2. The molecule has 1 aliphatic heterocycles. The van der Waals surface area contributed by atoms with Crippen molar-refractivity contribution in [3.8, 4) is 5.88 Å². The van der Waals surface area contributed by atoms with Crippen LogP contribution in [-0.2, 0) is 11.3 Å². The number of hydrogen-bond donors (Lipinski definition) is 1. The van der Waals surface area contributed by atoms with E-state index in [0.717, 1.165) is 18.5 Å². The second-order valence-corrected chi connectivity index (χ2v) is 8.95. The smallest absolute Gasteiger partial charge is 0.410 e. The molecule has 2 aromatic rings. The average Bonchev–Trinajstić information content (AvgIpc) is 2.72. The van der Waals surface area contributed by atoms with Crippen LogP contribution in [0.25, 0.3) is 0 Å². The standard InChI is InChI=1S/C23H27ClN2O5/c1-23(2,3)31-22(29)26-11-9-15(10-12-26)19-5-4-6-20(25-19)30-14-17-8-7-16(21(27)28)13-18(17)24/h4-8,13,15H,9-12,14H2,1-3H3,(H,27,28). The summed E-state index contributed by atoms with van der Waals surface area (Å²) in [7, 11) is 0. The van der Waals surface area contributed by atoms with E-state index in [4.69, 9.17) is 26.2 Å². The number of aromatic nitrogens is 1. The Bertz CT molecular complexity index is 949. The Hall–Kier alpha value is -2.80. The summed E-state index contributed by atoms with van der Waals surface area (Å²) in [6.45, 7) is 7.02. The predicted octanol–water partition coefficient (Wildman–Crippen LogP) is 5.13. The number of nitrogens with zero attached hydrogens (tertiary/aromatic N) is 2. The van der Waals surface area contributed by atoms with Crippen LogP contribution in [0.1, 0.15) is 61.1 Å². The molecule has 0 atom stereocenters. The summed E-state index contributed by atoms with van der Waals surface area (Å²) in [5.74, 6) is -0.312. The SMILES string of the molecule is CC(C)(C)OC(=O)N1CCC(c2cccc(OCc3ccc(C(=O)O)cc3Cl)n2)CC1. The van der Waals surface area contributed by atoms with E-state index in [9.17, 15) is 9.59 Å². The lowest BCUT2D eigenvalue weighted by molar-refractivity contribution is 0.0203. The molecule has 1 aliphatic rings. The van der Waals surface area contributed by atoms with Gasteiger partial charge in [0.2, 0.25) is 5.88 Å². The molecule has 0 spiro atoms. The van der Waals surface area contributed by atoms with Gasteiger partial charge in [-0.05, 0) is 51.8 Å². The van der Waals surface area contributed by atoms with E-state index in [1.165, 1.54) is 12.1 Å². The van der Waals surface area contributed by atoms with Crippen LogP contribution in [0.3, 0.4) is 0 Å². The first-order chi connectivity index (χ1) is 14.6. The summed E-state index contributed by atoms with van der Waals surface area (Å²) in [5, 5.41) is 9.37. The molecule has 0 aliphatic carbocycles. The van der Waals surface area contributed by atoms with Crippen molar-refractivity contribution in [2.75, 3.05) is 13.1 Å². The van der Waals surface area contributed by atoms with Crippen molar-refractivity contribution in [3.63, 3.8) is 0 Å². The maximum atomic E-state index is 12.2. The molecule has 1 fully saturated rings. The van der Waals surface area contributed by atoms with E-state index >= 15 is 0 Å². The maximum Gasteiger partial charge on any atom is 0.410 e. The summed E-state index contributed by atoms with van der Waals surface area (Å²) in [6.07, 6.45) is 1.33. The van der Waals surface area contributed by atoms with E-state index in [1.807, 2.05) is 32.9 Å². The monoisotopic (exact) mass is 446 g/mol. The number of carbonyl (C=O) groups is 2. The van der Waals surface area contributed by atoms with Crippen LogP contribution in [0, 0.1) is 0 Å². The van der Waals surface area contributed by atoms with E-state index < -0.39 is 11.6 Å². The number of benzene rings is 1. The van der Waals surface area contributed by atoms with Gasteiger partial charge in [-0.25, -0.2) is 14.6 Å². The van der Waals surface area contributed by atoms with Crippen molar-refractivity contribution < 1.29 is 24.2 Å². The summed E-state index contributed by atoms with van der Waals surface area (Å²) in [5.41, 5.74) is 1.24. The summed E-state index contributed by atoms with van der Waals surface area (Å²) in [6, 6.07) is 10.2.